The molecule has 0 fully saturated rings. The first-order valence-corrected chi connectivity index (χ1v) is 4.36. The molecule has 1 aromatic rings. The molecule has 0 atom stereocenters. The molecule has 1 aromatic carbocycles. The number of rotatable bonds is 4. The van der Waals surface area contributed by atoms with Crippen LogP contribution in [0.5, 0.6) is 0 Å². The van der Waals surface area contributed by atoms with E-state index in [2.05, 4.69) is 9.37 Å². The fourth-order valence-electron chi connectivity index (χ4n) is 0.912. The van der Waals surface area contributed by atoms with Crippen molar-refractivity contribution >= 4 is 18.0 Å². The first-order valence-electron chi connectivity index (χ1n) is 3.62. The van der Waals surface area contributed by atoms with Gasteiger partial charge < -0.3 is 15.2 Å². The molecule has 1 rings (SSSR count). The van der Waals surface area contributed by atoms with Crippen molar-refractivity contribution in [3.63, 3.8) is 0 Å². The Morgan fingerprint density at radius 3 is 1.88 bits per heavy atom. The standard InChI is InChI=1S/C7H2F4O5S/c8-2-1(7(12)13)3(9)5(11)6(4(2)10)17-16-15-14/h14H,(H,12,13)/p-2. The normalized spacial score (nSPS) is 10.6. The molecule has 0 bridgehead atoms. The van der Waals surface area contributed by atoms with Crippen molar-refractivity contribution < 1.29 is 42.1 Å². The minimum atomic E-state index is -2.43. The summed E-state index contributed by atoms with van der Waals surface area (Å²) in [6.45, 7) is 0. The third-order valence-corrected chi connectivity index (χ3v) is 2.22. The molecule has 94 valence electrons. The number of carbonyl (C=O) groups excluding carboxylic acids is 1. The number of halogens is 4. The number of benzene rings is 1. The Balaban J connectivity index is 3.41. The maximum Gasteiger partial charge on any atom is 0.178 e. The van der Waals surface area contributed by atoms with Gasteiger partial charge in [-0.25, -0.2) is 17.6 Å². The van der Waals surface area contributed by atoms with Gasteiger partial charge in [-0.2, -0.15) is 4.33 Å². The van der Waals surface area contributed by atoms with E-state index >= 15 is 0 Å². The lowest BCUT2D eigenvalue weighted by Gasteiger charge is -2.11. The second-order valence-corrected chi connectivity index (χ2v) is 3.18. The van der Waals surface area contributed by atoms with Crippen molar-refractivity contribution in [2.75, 3.05) is 0 Å². The molecule has 0 radical (unpaired) electrons. The topological polar surface area (TPSA) is 81.7 Å². The largest absolute Gasteiger partial charge is 0.691 e. The summed E-state index contributed by atoms with van der Waals surface area (Å²) in [6.07, 6.45) is 0. The molecule has 0 saturated carbocycles. The summed E-state index contributed by atoms with van der Waals surface area (Å²) in [4.78, 5) is 8.83. The van der Waals surface area contributed by atoms with Gasteiger partial charge in [0, 0.05) is 0 Å². The molecular weight excluding hydrogens is 272 g/mol. The molecule has 0 aliphatic carbocycles. The summed E-state index contributed by atoms with van der Waals surface area (Å²) in [5.41, 5.74) is -1.90. The summed E-state index contributed by atoms with van der Waals surface area (Å²) in [7, 11) is 0. The highest BCUT2D eigenvalue weighted by Gasteiger charge is 2.26. The van der Waals surface area contributed by atoms with Crippen LogP contribution in [0.3, 0.4) is 0 Å². The molecule has 0 aliphatic heterocycles. The first kappa shape index (κ1) is 13.7. The highest BCUT2D eigenvalue weighted by Crippen LogP contribution is 2.31. The summed E-state index contributed by atoms with van der Waals surface area (Å²) < 4.78 is 55.6. The lowest BCUT2D eigenvalue weighted by atomic mass is 10.2. The van der Waals surface area contributed by atoms with Gasteiger partial charge in [0.2, 0.25) is 0 Å². The van der Waals surface area contributed by atoms with Crippen LogP contribution in [0, 0.1) is 23.3 Å². The molecule has 10 heteroatoms. The average Bonchev–Trinajstić information content (AvgIpc) is 2.26. The Labute approximate surface area is 94.6 Å². The molecule has 17 heavy (non-hydrogen) atoms. The number of carbonyl (C=O) groups is 1. The molecule has 5 nitrogen and oxygen atoms in total. The van der Waals surface area contributed by atoms with Crippen LogP contribution < -0.4 is 10.4 Å². The van der Waals surface area contributed by atoms with Gasteiger partial charge in [-0.15, -0.1) is 0 Å². The SMILES string of the molecule is O=C([O-])c1c(F)c(F)c(SOO[O-])c(F)c1F. The van der Waals surface area contributed by atoms with Crippen LogP contribution in [0.15, 0.2) is 4.90 Å². The monoisotopic (exact) mass is 272 g/mol. The first-order chi connectivity index (χ1) is 7.91. The molecule has 0 unspecified atom stereocenters. The summed E-state index contributed by atoms with van der Waals surface area (Å²) in [5.74, 6) is -10.9. The van der Waals surface area contributed by atoms with E-state index < -0.39 is 51.7 Å². The Bertz CT molecular complexity index is 437. The predicted octanol–water partition coefficient (Wildman–Crippen LogP) is -0.163. The third kappa shape index (κ3) is 2.49. The molecule has 0 saturated heterocycles. The molecule has 0 aliphatic rings. The summed E-state index contributed by atoms with van der Waals surface area (Å²) >= 11 is -0.456. The number of hydrogen-bond acceptors (Lipinski definition) is 6. The Kier molecular flexibility index (Phi) is 4.28. The second-order valence-electron chi connectivity index (χ2n) is 2.47. The number of carboxylic acids is 1. The average molecular weight is 272 g/mol. The van der Waals surface area contributed by atoms with Gasteiger partial charge in [0.05, 0.1) is 23.6 Å². The van der Waals surface area contributed by atoms with Crippen molar-refractivity contribution in [1.82, 2.24) is 0 Å². The molecule has 0 spiro atoms. The molecular formula is C7F4O5S-2. The van der Waals surface area contributed by atoms with Crippen molar-refractivity contribution in [3.8, 4) is 0 Å². The van der Waals surface area contributed by atoms with E-state index in [1.807, 2.05) is 0 Å². The maximum atomic E-state index is 13.1. The zero-order chi connectivity index (χ0) is 13.2. The van der Waals surface area contributed by atoms with E-state index in [9.17, 15) is 32.7 Å². The van der Waals surface area contributed by atoms with Crippen LogP contribution >= 0.6 is 12.0 Å². The van der Waals surface area contributed by atoms with Crippen LogP contribution in [0.25, 0.3) is 0 Å². The Hall–Kier alpha value is -1.36. The zero-order valence-electron chi connectivity index (χ0n) is 7.46. The quantitative estimate of drug-likeness (QED) is 0.249. The van der Waals surface area contributed by atoms with Crippen molar-refractivity contribution in [1.29, 1.82) is 0 Å². The number of aromatic carboxylic acids is 1. The van der Waals surface area contributed by atoms with Gasteiger partial charge in [0.15, 0.2) is 23.3 Å². The highest BCUT2D eigenvalue weighted by molar-refractivity contribution is 7.94. The van der Waals surface area contributed by atoms with E-state index in [1.165, 1.54) is 0 Å². The van der Waals surface area contributed by atoms with Crippen LogP contribution in [0.4, 0.5) is 17.6 Å². The number of carboxylic acid groups (broad SMARTS) is 1. The van der Waals surface area contributed by atoms with E-state index in [4.69, 9.17) is 0 Å². The Morgan fingerprint density at radius 2 is 1.53 bits per heavy atom. The van der Waals surface area contributed by atoms with Crippen molar-refractivity contribution in [2.45, 2.75) is 4.90 Å². The fraction of sp³-hybridized carbons (Fsp3) is 0. The predicted molar refractivity (Wildman–Crippen MR) is 38.6 cm³/mol. The number of hydrogen-bond donors (Lipinski definition) is 0. The molecule has 0 aromatic heterocycles. The van der Waals surface area contributed by atoms with E-state index in [-0.39, 0.29) is 0 Å². The van der Waals surface area contributed by atoms with Crippen LogP contribution in [-0.2, 0) is 9.37 Å². The van der Waals surface area contributed by atoms with Crippen LogP contribution in [0.1, 0.15) is 10.4 Å². The van der Waals surface area contributed by atoms with Gasteiger partial charge in [-0.05, 0) is 0 Å². The van der Waals surface area contributed by atoms with Crippen molar-refractivity contribution in [3.05, 3.63) is 28.8 Å². The maximum absolute atomic E-state index is 13.1. The van der Waals surface area contributed by atoms with Gasteiger partial charge in [0.1, 0.15) is 4.90 Å². The second kappa shape index (κ2) is 5.31. The lowest BCUT2D eigenvalue weighted by Crippen LogP contribution is -2.26. The van der Waals surface area contributed by atoms with Gasteiger partial charge >= 0.3 is 0 Å². The third-order valence-electron chi connectivity index (χ3n) is 1.57. The fourth-order valence-corrected chi connectivity index (χ4v) is 1.33. The van der Waals surface area contributed by atoms with Crippen LogP contribution in [0.2, 0.25) is 0 Å². The lowest BCUT2D eigenvalue weighted by molar-refractivity contribution is -0.777. The van der Waals surface area contributed by atoms with Gasteiger partial charge in [-0.1, -0.05) is 0 Å². The van der Waals surface area contributed by atoms with Gasteiger partial charge in [0.25, 0.3) is 0 Å². The summed E-state index contributed by atoms with van der Waals surface area (Å²) in [6, 6.07) is 0. The minimum absolute atomic E-state index is 0.456. The van der Waals surface area contributed by atoms with E-state index in [0.717, 1.165) is 0 Å². The summed E-state index contributed by atoms with van der Waals surface area (Å²) in [5, 5.41) is 22.3. The highest BCUT2D eigenvalue weighted by atomic mass is 32.2. The molecule has 0 heterocycles. The molecule has 0 N–H and O–H groups in total. The van der Waals surface area contributed by atoms with Crippen LogP contribution in [-0.4, -0.2) is 5.97 Å². The Morgan fingerprint density at radius 1 is 1.06 bits per heavy atom. The smallest absolute Gasteiger partial charge is 0.178 e. The van der Waals surface area contributed by atoms with Crippen molar-refractivity contribution in [2.24, 2.45) is 0 Å². The zero-order valence-corrected chi connectivity index (χ0v) is 8.28. The molecule has 0 amide bonds. The van der Waals surface area contributed by atoms with Gasteiger partial charge in [-0.3, -0.25) is 5.04 Å². The van der Waals surface area contributed by atoms with E-state index in [0.29, 0.717) is 0 Å². The van der Waals surface area contributed by atoms with E-state index in [1.54, 1.807) is 0 Å². The minimum Gasteiger partial charge on any atom is -0.691 e.